The third-order valence-electron chi connectivity index (χ3n) is 3.01. The molecule has 1 aromatic heterocycles. The van der Waals surface area contributed by atoms with Gasteiger partial charge in [-0.1, -0.05) is 0 Å². The number of anilines is 2. The van der Waals surface area contributed by atoms with Gasteiger partial charge in [0, 0.05) is 17.3 Å². The summed E-state index contributed by atoms with van der Waals surface area (Å²) < 4.78 is 18.5. The van der Waals surface area contributed by atoms with Crippen molar-refractivity contribution in [1.82, 2.24) is 4.98 Å². The van der Waals surface area contributed by atoms with Crippen LogP contribution in [0.2, 0.25) is 0 Å². The molecule has 0 saturated carbocycles. The second-order valence-electron chi connectivity index (χ2n) is 4.20. The van der Waals surface area contributed by atoms with Crippen molar-refractivity contribution in [2.24, 2.45) is 0 Å². The van der Waals surface area contributed by atoms with Crippen LogP contribution < -0.4 is 16.2 Å². The number of aromatic nitrogens is 1. The number of ether oxygens (including phenoxy) is 1. The van der Waals surface area contributed by atoms with Crippen molar-refractivity contribution in [3.8, 4) is 5.75 Å². The summed E-state index contributed by atoms with van der Waals surface area (Å²) in [6, 6.07) is 2.33. The molecule has 0 atom stereocenters. The van der Waals surface area contributed by atoms with E-state index in [1.165, 1.54) is 25.6 Å². The monoisotopic (exact) mass is 288 g/mol. The molecule has 0 bridgehead atoms. The number of rotatable bonds is 4. The molecule has 7 heteroatoms. The Morgan fingerprint density at radius 3 is 2.71 bits per heavy atom. The van der Waals surface area contributed by atoms with E-state index < -0.39 is 11.6 Å². The van der Waals surface area contributed by atoms with E-state index in [-0.39, 0.29) is 33.8 Å². The first kappa shape index (κ1) is 14.4. The molecule has 0 radical (unpaired) electrons. The fourth-order valence-corrected chi connectivity index (χ4v) is 1.95. The lowest BCUT2D eigenvalue weighted by Crippen LogP contribution is -2.12. The fourth-order valence-electron chi connectivity index (χ4n) is 1.95. The van der Waals surface area contributed by atoms with Crippen molar-refractivity contribution in [2.45, 2.75) is 0 Å². The van der Waals surface area contributed by atoms with Crippen LogP contribution in [0.4, 0.5) is 15.8 Å². The summed E-state index contributed by atoms with van der Waals surface area (Å²) in [7, 11) is 1.38. The van der Waals surface area contributed by atoms with Crippen LogP contribution >= 0.6 is 0 Å². The van der Waals surface area contributed by atoms with Gasteiger partial charge in [-0.2, -0.15) is 0 Å². The molecule has 5 N–H and O–H groups in total. The third kappa shape index (κ3) is 2.40. The lowest BCUT2D eigenvalue weighted by atomic mass is 9.96. The van der Waals surface area contributed by atoms with Gasteiger partial charge in [-0.15, -0.1) is 0 Å². The maximum Gasteiger partial charge on any atom is 0.199 e. The summed E-state index contributed by atoms with van der Waals surface area (Å²) in [6.45, 7) is 0. The number of nitrogen functional groups attached to an aromatic ring is 2. The first-order chi connectivity index (χ1) is 10.0. The van der Waals surface area contributed by atoms with Gasteiger partial charge in [-0.25, -0.2) is 4.39 Å². The van der Waals surface area contributed by atoms with Gasteiger partial charge >= 0.3 is 0 Å². The number of nitrogens with one attached hydrogen (secondary N) is 1. The van der Waals surface area contributed by atoms with Gasteiger partial charge in [-0.3, -0.25) is 9.78 Å². The molecule has 0 aliphatic rings. The predicted octanol–water partition coefficient (Wildman–Crippen LogP) is 1.62. The van der Waals surface area contributed by atoms with Gasteiger partial charge in [-0.05, 0) is 12.1 Å². The predicted molar refractivity (Wildman–Crippen MR) is 77.3 cm³/mol. The van der Waals surface area contributed by atoms with Crippen LogP contribution in [-0.2, 0) is 0 Å². The first-order valence-electron chi connectivity index (χ1n) is 5.91. The Labute approximate surface area is 120 Å². The Morgan fingerprint density at radius 2 is 2.10 bits per heavy atom. The van der Waals surface area contributed by atoms with Crippen molar-refractivity contribution in [1.29, 1.82) is 5.41 Å². The molecule has 0 unspecified atom stereocenters. The SMILES string of the molecule is COc1cncc(N)c1C(=O)c1ccc(F)c(N)c1C=N. The van der Waals surface area contributed by atoms with Crippen LogP contribution in [0.1, 0.15) is 21.5 Å². The summed E-state index contributed by atoms with van der Waals surface area (Å²) >= 11 is 0. The Balaban J connectivity index is 2.67. The van der Waals surface area contributed by atoms with Crippen LogP contribution in [0.5, 0.6) is 5.75 Å². The largest absolute Gasteiger partial charge is 0.494 e. The summed E-state index contributed by atoms with van der Waals surface area (Å²) in [5.41, 5.74) is 11.4. The minimum atomic E-state index is -0.695. The van der Waals surface area contributed by atoms with E-state index in [4.69, 9.17) is 21.6 Å². The quantitative estimate of drug-likeness (QED) is 0.449. The molecular formula is C14H13FN4O2. The number of hydrogen-bond acceptors (Lipinski definition) is 6. The molecular weight excluding hydrogens is 275 g/mol. The number of methoxy groups -OCH3 is 1. The second-order valence-corrected chi connectivity index (χ2v) is 4.20. The molecule has 21 heavy (non-hydrogen) atoms. The standard InChI is InChI=1S/C14H13FN4O2/c1-21-11-6-19-5-10(17)12(11)14(20)7-2-3-9(15)13(18)8(7)4-16/h2-6,16H,17-18H2,1H3. The summed E-state index contributed by atoms with van der Waals surface area (Å²) in [5.74, 6) is -1.02. The Morgan fingerprint density at radius 1 is 1.38 bits per heavy atom. The highest BCUT2D eigenvalue weighted by atomic mass is 19.1. The van der Waals surface area contributed by atoms with Gasteiger partial charge in [0.25, 0.3) is 0 Å². The summed E-state index contributed by atoms with van der Waals surface area (Å²) in [5, 5.41) is 7.33. The number of halogens is 1. The van der Waals surface area contributed by atoms with E-state index in [9.17, 15) is 9.18 Å². The lowest BCUT2D eigenvalue weighted by molar-refractivity contribution is 0.103. The van der Waals surface area contributed by atoms with Gasteiger partial charge < -0.3 is 21.6 Å². The van der Waals surface area contributed by atoms with E-state index >= 15 is 0 Å². The van der Waals surface area contributed by atoms with Crippen molar-refractivity contribution in [3.63, 3.8) is 0 Å². The average Bonchev–Trinajstić information content (AvgIpc) is 2.48. The third-order valence-corrected chi connectivity index (χ3v) is 3.01. The molecule has 2 rings (SSSR count). The van der Waals surface area contributed by atoms with E-state index in [0.717, 1.165) is 12.3 Å². The molecule has 0 aliphatic carbocycles. The zero-order valence-electron chi connectivity index (χ0n) is 11.2. The average molecular weight is 288 g/mol. The zero-order valence-corrected chi connectivity index (χ0v) is 11.2. The number of pyridine rings is 1. The van der Waals surface area contributed by atoms with Crippen LogP contribution in [0.25, 0.3) is 0 Å². The molecule has 0 amide bonds. The van der Waals surface area contributed by atoms with E-state index in [1.807, 2.05) is 0 Å². The number of nitrogens with zero attached hydrogens (tertiary/aromatic N) is 1. The number of hydrogen-bond donors (Lipinski definition) is 3. The highest BCUT2D eigenvalue weighted by Gasteiger charge is 2.22. The first-order valence-corrected chi connectivity index (χ1v) is 5.91. The van der Waals surface area contributed by atoms with Gasteiger partial charge in [0.2, 0.25) is 0 Å². The van der Waals surface area contributed by atoms with Crippen molar-refractivity contribution < 1.29 is 13.9 Å². The number of ketones is 1. The fraction of sp³-hybridized carbons (Fsp3) is 0.0714. The van der Waals surface area contributed by atoms with Gasteiger partial charge in [0.05, 0.1) is 36.4 Å². The number of benzene rings is 1. The van der Waals surface area contributed by atoms with Crippen LogP contribution in [0.15, 0.2) is 24.5 Å². The highest BCUT2D eigenvalue weighted by Crippen LogP contribution is 2.28. The molecule has 1 aromatic carbocycles. The molecule has 0 aliphatic heterocycles. The van der Waals surface area contributed by atoms with Crippen LogP contribution in [0, 0.1) is 11.2 Å². The topological polar surface area (TPSA) is 115 Å². The van der Waals surface area contributed by atoms with E-state index in [1.54, 1.807) is 0 Å². The number of nitrogens with two attached hydrogens (primary N) is 2. The number of carbonyl (C=O) groups excluding carboxylic acids is 1. The Bertz CT molecular complexity index is 731. The van der Waals surface area contributed by atoms with Crippen molar-refractivity contribution in [2.75, 3.05) is 18.6 Å². The summed E-state index contributed by atoms with van der Waals surface area (Å²) in [4.78, 5) is 16.5. The Kier molecular flexibility index (Phi) is 3.84. The van der Waals surface area contributed by atoms with E-state index in [0.29, 0.717) is 0 Å². The van der Waals surface area contributed by atoms with Crippen molar-refractivity contribution >= 4 is 23.4 Å². The van der Waals surface area contributed by atoms with Crippen LogP contribution in [-0.4, -0.2) is 24.1 Å². The zero-order chi connectivity index (χ0) is 15.6. The molecule has 0 fully saturated rings. The molecule has 108 valence electrons. The van der Waals surface area contributed by atoms with Crippen molar-refractivity contribution in [3.05, 3.63) is 47.0 Å². The van der Waals surface area contributed by atoms with Gasteiger partial charge in [0.1, 0.15) is 11.6 Å². The molecule has 2 aromatic rings. The normalized spacial score (nSPS) is 10.2. The second kappa shape index (κ2) is 5.58. The smallest absolute Gasteiger partial charge is 0.199 e. The molecule has 1 heterocycles. The lowest BCUT2D eigenvalue weighted by Gasteiger charge is -2.12. The molecule has 0 spiro atoms. The van der Waals surface area contributed by atoms with Gasteiger partial charge in [0.15, 0.2) is 5.78 Å². The Hall–Kier alpha value is -2.96. The van der Waals surface area contributed by atoms with E-state index in [2.05, 4.69) is 4.98 Å². The molecule has 6 nitrogen and oxygen atoms in total. The maximum atomic E-state index is 13.4. The summed E-state index contributed by atoms with van der Waals surface area (Å²) in [6.07, 6.45) is 3.49. The minimum absolute atomic E-state index is 0.00161. The van der Waals surface area contributed by atoms with Crippen LogP contribution in [0.3, 0.4) is 0 Å². The highest BCUT2D eigenvalue weighted by molar-refractivity contribution is 6.17. The maximum absolute atomic E-state index is 13.4. The number of carbonyl (C=O) groups is 1. The molecule has 0 saturated heterocycles. The minimum Gasteiger partial charge on any atom is -0.494 e.